The minimum atomic E-state index is -0.206. The van der Waals surface area contributed by atoms with Gasteiger partial charge < -0.3 is 9.88 Å². The molecule has 9 heteroatoms. The Morgan fingerprint density at radius 1 is 1.06 bits per heavy atom. The maximum absolute atomic E-state index is 13.4. The lowest BCUT2D eigenvalue weighted by Crippen LogP contribution is -2.13. The van der Waals surface area contributed by atoms with Crippen molar-refractivity contribution in [1.29, 1.82) is 0 Å². The summed E-state index contributed by atoms with van der Waals surface area (Å²) >= 11 is 1.51. The van der Waals surface area contributed by atoms with Crippen LogP contribution in [-0.2, 0) is 7.05 Å². The Labute approximate surface area is 207 Å². The van der Waals surface area contributed by atoms with Gasteiger partial charge in [-0.3, -0.25) is 4.79 Å². The summed E-state index contributed by atoms with van der Waals surface area (Å²) in [5.41, 5.74) is 4.79. The first-order valence-corrected chi connectivity index (χ1v) is 12.1. The summed E-state index contributed by atoms with van der Waals surface area (Å²) in [6, 6.07) is 17.8. The largest absolute Gasteiger partial charge is 0.322 e. The van der Waals surface area contributed by atoms with Gasteiger partial charge in [-0.1, -0.05) is 29.8 Å². The van der Waals surface area contributed by atoms with E-state index in [1.165, 1.54) is 17.3 Å². The summed E-state index contributed by atoms with van der Waals surface area (Å²) in [6.45, 7) is 6.14. The summed E-state index contributed by atoms with van der Waals surface area (Å²) < 4.78 is 3.71. The molecule has 35 heavy (non-hydrogen) atoms. The molecule has 2 aromatic carbocycles. The molecule has 0 unspecified atom stereocenters. The second-order valence-electron chi connectivity index (χ2n) is 8.65. The Bertz CT molecular complexity index is 1500. The van der Waals surface area contributed by atoms with Gasteiger partial charge >= 0.3 is 0 Å². The fourth-order valence-electron chi connectivity index (χ4n) is 3.73. The van der Waals surface area contributed by atoms with Crippen molar-refractivity contribution in [2.75, 3.05) is 5.32 Å². The van der Waals surface area contributed by atoms with E-state index >= 15 is 0 Å². The van der Waals surface area contributed by atoms with Crippen LogP contribution in [0.5, 0.6) is 0 Å². The van der Waals surface area contributed by atoms with Gasteiger partial charge in [-0.25, -0.2) is 9.67 Å². The van der Waals surface area contributed by atoms with E-state index in [9.17, 15) is 4.79 Å². The van der Waals surface area contributed by atoms with Crippen LogP contribution in [0.25, 0.3) is 22.3 Å². The Morgan fingerprint density at radius 2 is 1.80 bits per heavy atom. The van der Waals surface area contributed by atoms with E-state index in [-0.39, 0.29) is 11.9 Å². The first kappa shape index (κ1) is 22.8. The van der Waals surface area contributed by atoms with Crippen LogP contribution in [0.1, 0.15) is 35.8 Å². The zero-order valence-electron chi connectivity index (χ0n) is 19.9. The summed E-state index contributed by atoms with van der Waals surface area (Å²) in [4.78, 5) is 19.3. The first-order chi connectivity index (χ1) is 16.9. The number of carbonyl (C=O) groups is 1. The van der Waals surface area contributed by atoms with Gasteiger partial charge in [0.2, 0.25) is 0 Å². The number of amides is 1. The minimum Gasteiger partial charge on any atom is -0.322 e. The number of nitrogens with zero attached hydrogens (tertiary/aromatic N) is 6. The van der Waals surface area contributed by atoms with Crippen molar-refractivity contribution in [2.24, 2.45) is 7.05 Å². The molecule has 1 amide bonds. The quantitative estimate of drug-likeness (QED) is 0.342. The molecule has 5 rings (SSSR count). The van der Waals surface area contributed by atoms with Crippen molar-refractivity contribution in [2.45, 2.75) is 36.9 Å². The van der Waals surface area contributed by atoms with Crippen LogP contribution >= 0.6 is 11.8 Å². The smallest absolute Gasteiger partial charge is 0.256 e. The highest BCUT2D eigenvalue weighted by atomic mass is 32.2. The van der Waals surface area contributed by atoms with Crippen molar-refractivity contribution in [3.8, 4) is 11.3 Å². The van der Waals surface area contributed by atoms with Gasteiger partial charge in [0, 0.05) is 29.2 Å². The Hall–Kier alpha value is -3.98. The number of hydrogen-bond acceptors (Lipinski definition) is 6. The molecule has 3 aromatic heterocycles. The van der Waals surface area contributed by atoms with Gasteiger partial charge in [0.25, 0.3) is 5.91 Å². The van der Waals surface area contributed by atoms with E-state index in [1.54, 1.807) is 12.5 Å². The lowest BCUT2D eigenvalue weighted by molar-refractivity contribution is 0.102. The highest BCUT2D eigenvalue weighted by Gasteiger charge is 2.19. The number of rotatable bonds is 6. The van der Waals surface area contributed by atoms with Crippen LogP contribution in [-0.4, -0.2) is 35.4 Å². The van der Waals surface area contributed by atoms with Gasteiger partial charge in [0.15, 0.2) is 10.8 Å². The number of benzene rings is 2. The number of anilines is 1. The number of hydrogen-bond donors (Lipinski definition) is 1. The molecule has 1 N–H and O–H groups in total. The average molecular weight is 484 g/mol. The van der Waals surface area contributed by atoms with Crippen molar-refractivity contribution >= 4 is 34.4 Å². The molecule has 3 heterocycles. The van der Waals surface area contributed by atoms with Crippen LogP contribution in [0, 0.1) is 6.92 Å². The number of carbonyl (C=O) groups excluding carboxylic acids is 1. The highest BCUT2D eigenvalue weighted by Crippen LogP contribution is 2.29. The molecule has 0 bridgehead atoms. The molecule has 0 radical (unpaired) electrons. The van der Waals surface area contributed by atoms with E-state index in [4.69, 9.17) is 4.98 Å². The van der Waals surface area contributed by atoms with Gasteiger partial charge in [-0.2, -0.15) is 5.10 Å². The van der Waals surface area contributed by atoms with E-state index in [1.807, 2.05) is 91.7 Å². The van der Waals surface area contributed by atoms with Crippen molar-refractivity contribution in [3.63, 3.8) is 0 Å². The Morgan fingerprint density at radius 3 is 2.46 bits per heavy atom. The normalized spacial score (nSPS) is 11.3. The topological polar surface area (TPSA) is 90.5 Å². The Kier molecular flexibility index (Phi) is 6.08. The number of pyridine rings is 1. The second kappa shape index (κ2) is 9.34. The third kappa shape index (κ3) is 4.67. The minimum absolute atomic E-state index is 0.114. The van der Waals surface area contributed by atoms with Crippen LogP contribution < -0.4 is 5.32 Å². The van der Waals surface area contributed by atoms with Crippen LogP contribution in [0.4, 0.5) is 5.69 Å². The van der Waals surface area contributed by atoms with E-state index in [0.717, 1.165) is 26.7 Å². The van der Waals surface area contributed by atoms with E-state index in [2.05, 4.69) is 20.6 Å². The predicted octanol–water partition coefficient (Wildman–Crippen LogP) is 5.52. The van der Waals surface area contributed by atoms with Gasteiger partial charge in [0.05, 0.1) is 22.8 Å². The monoisotopic (exact) mass is 483 g/mol. The average Bonchev–Trinajstić information content (AvgIpc) is 3.46. The molecule has 8 nitrogen and oxygen atoms in total. The molecular weight excluding hydrogens is 458 g/mol. The van der Waals surface area contributed by atoms with Gasteiger partial charge in [-0.15, -0.1) is 10.2 Å². The molecule has 0 aliphatic heterocycles. The molecule has 0 fully saturated rings. The summed E-state index contributed by atoms with van der Waals surface area (Å²) in [5.74, 6) is -0.206. The summed E-state index contributed by atoms with van der Waals surface area (Å²) in [5, 5.41) is 17.1. The number of fused-ring (bicyclic) bond motifs is 1. The molecule has 0 saturated heterocycles. The fourth-order valence-corrected chi connectivity index (χ4v) is 4.49. The van der Waals surface area contributed by atoms with Crippen LogP contribution in [0.2, 0.25) is 0 Å². The third-order valence-corrected chi connectivity index (χ3v) is 6.70. The maximum atomic E-state index is 13.4. The molecule has 0 saturated carbocycles. The highest BCUT2D eigenvalue weighted by molar-refractivity contribution is 7.99. The third-order valence-electron chi connectivity index (χ3n) is 5.64. The Balaban J connectivity index is 1.46. The lowest BCUT2D eigenvalue weighted by Gasteiger charge is -2.11. The van der Waals surface area contributed by atoms with Crippen molar-refractivity contribution in [1.82, 2.24) is 29.5 Å². The summed E-state index contributed by atoms with van der Waals surface area (Å²) in [6.07, 6.45) is 3.38. The van der Waals surface area contributed by atoms with E-state index in [0.29, 0.717) is 16.9 Å². The summed E-state index contributed by atoms with van der Waals surface area (Å²) in [7, 11) is 1.90. The van der Waals surface area contributed by atoms with Crippen molar-refractivity contribution in [3.05, 3.63) is 78.2 Å². The molecule has 176 valence electrons. The standard InChI is InChI=1S/C26H25N7OS/c1-16(2)33-24-22(14-28-33)21(13-23(30-24)18-7-5-17(3)6-8-18)25(34)29-19-9-11-20(12-10-19)35-26-31-27-15-32(26)4/h5-16H,1-4H3,(H,29,34). The number of nitrogens with one attached hydrogen (secondary N) is 1. The zero-order valence-corrected chi connectivity index (χ0v) is 20.7. The molecule has 0 atom stereocenters. The number of aromatic nitrogens is 6. The second-order valence-corrected chi connectivity index (χ2v) is 9.69. The molecular formula is C26H25N7OS. The molecule has 0 aliphatic carbocycles. The van der Waals surface area contributed by atoms with Gasteiger partial charge in [-0.05, 0) is 62.9 Å². The zero-order chi connectivity index (χ0) is 24.5. The van der Waals surface area contributed by atoms with Gasteiger partial charge in [0.1, 0.15) is 6.33 Å². The SMILES string of the molecule is Cc1ccc(-c2cc(C(=O)Nc3ccc(Sc4nncn4C)cc3)c3cnn(C(C)C)c3n2)cc1. The van der Waals surface area contributed by atoms with Crippen molar-refractivity contribution < 1.29 is 4.79 Å². The predicted molar refractivity (Wildman–Crippen MR) is 138 cm³/mol. The van der Waals surface area contributed by atoms with Crippen LogP contribution in [0.15, 0.2) is 77.2 Å². The molecule has 5 aromatic rings. The fraction of sp³-hybridized carbons (Fsp3) is 0.192. The number of aryl methyl sites for hydroxylation is 2. The lowest BCUT2D eigenvalue weighted by atomic mass is 10.0. The van der Waals surface area contributed by atoms with E-state index < -0.39 is 0 Å². The molecule has 0 spiro atoms. The maximum Gasteiger partial charge on any atom is 0.256 e. The first-order valence-electron chi connectivity index (χ1n) is 11.3. The molecule has 0 aliphatic rings. The van der Waals surface area contributed by atoms with Crippen LogP contribution in [0.3, 0.4) is 0 Å².